The molecule has 0 saturated carbocycles. The molecule has 0 bridgehead atoms. The van der Waals surface area contributed by atoms with Gasteiger partial charge in [-0.05, 0) is 37.9 Å². The molecule has 1 amide bonds. The predicted molar refractivity (Wildman–Crippen MR) is 68.2 cm³/mol. The minimum Gasteiger partial charge on any atom is -0.480 e. The minimum absolute atomic E-state index is 0.365. The number of nitrogens with one attached hydrogen (secondary N) is 1. The highest BCUT2D eigenvalue weighted by molar-refractivity contribution is 5.96. The van der Waals surface area contributed by atoms with Crippen LogP contribution in [-0.2, 0) is 4.79 Å². The molecule has 0 unspecified atom stereocenters. The molecule has 0 spiro atoms. The summed E-state index contributed by atoms with van der Waals surface area (Å²) in [7, 11) is 0. The van der Waals surface area contributed by atoms with Crippen LogP contribution in [0.5, 0.6) is 0 Å². The number of carbonyl (C=O) groups excluding carboxylic acids is 1. The quantitative estimate of drug-likeness (QED) is 0.629. The molecule has 4 N–H and O–H groups in total. The Bertz CT molecular complexity index is 392. The number of amides is 1. The third-order valence-corrected chi connectivity index (χ3v) is 2.59. The molecule has 0 saturated heterocycles. The van der Waals surface area contributed by atoms with Gasteiger partial charge in [0.25, 0.3) is 5.91 Å². The Morgan fingerprint density at radius 3 is 2.44 bits per heavy atom. The van der Waals surface area contributed by atoms with Gasteiger partial charge in [0.05, 0.1) is 0 Å². The maximum absolute atomic E-state index is 11.8. The van der Waals surface area contributed by atoms with E-state index in [9.17, 15) is 9.59 Å². The molecule has 0 fully saturated rings. The van der Waals surface area contributed by atoms with Gasteiger partial charge in [0.15, 0.2) is 0 Å². The van der Waals surface area contributed by atoms with Gasteiger partial charge in [0, 0.05) is 5.56 Å². The summed E-state index contributed by atoms with van der Waals surface area (Å²) >= 11 is 0. The van der Waals surface area contributed by atoms with Crippen LogP contribution in [0.2, 0.25) is 0 Å². The van der Waals surface area contributed by atoms with E-state index in [0.717, 1.165) is 6.42 Å². The lowest BCUT2D eigenvalue weighted by Gasteiger charge is -2.14. The normalized spacial score (nSPS) is 11.8. The van der Waals surface area contributed by atoms with Gasteiger partial charge in [-0.3, -0.25) is 4.79 Å². The van der Waals surface area contributed by atoms with Crippen LogP contribution in [0, 0.1) is 0 Å². The summed E-state index contributed by atoms with van der Waals surface area (Å²) in [6.45, 7) is 0.527. The molecule has 1 aromatic carbocycles. The number of nitrogens with two attached hydrogens (primary N) is 1. The van der Waals surface area contributed by atoms with Crippen molar-refractivity contribution in [2.45, 2.75) is 25.3 Å². The van der Waals surface area contributed by atoms with E-state index >= 15 is 0 Å². The Kier molecular flexibility index (Phi) is 5.87. The van der Waals surface area contributed by atoms with Gasteiger partial charge in [-0.2, -0.15) is 0 Å². The summed E-state index contributed by atoms with van der Waals surface area (Å²) in [6, 6.07) is 7.71. The van der Waals surface area contributed by atoms with E-state index in [-0.39, 0.29) is 5.91 Å². The van der Waals surface area contributed by atoms with Crippen molar-refractivity contribution in [2.75, 3.05) is 6.54 Å². The topological polar surface area (TPSA) is 92.4 Å². The van der Waals surface area contributed by atoms with E-state index in [2.05, 4.69) is 5.32 Å². The van der Waals surface area contributed by atoms with E-state index in [4.69, 9.17) is 10.8 Å². The number of unbranched alkanes of at least 4 members (excludes halogenated alkanes) is 1. The monoisotopic (exact) mass is 250 g/mol. The van der Waals surface area contributed by atoms with Crippen molar-refractivity contribution in [1.82, 2.24) is 5.32 Å². The highest BCUT2D eigenvalue weighted by Crippen LogP contribution is 2.04. The van der Waals surface area contributed by atoms with Gasteiger partial charge in [-0.15, -0.1) is 0 Å². The zero-order chi connectivity index (χ0) is 13.4. The number of hydrogen-bond donors (Lipinski definition) is 3. The van der Waals surface area contributed by atoms with Crippen molar-refractivity contribution in [3.05, 3.63) is 35.9 Å². The maximum Gasteiger partial charge on any atom is 0.326 e. The fraction of sp³-hybridized carbons (Fsp3) is 0.385. The second-order valence-corrected chi connectivity index (χ2v) is 4.01. The lowest BCUT2D eigenvalue weighted by molar-refractivity contribution is -0.139. The molecular formula is C13H18N2O3. The zero-order valence-electron chi connectivity index (χ0n) is 10.1. The summed E-state index contributed by atoms with van der Waals surface area (Å²) in [5, 5.41) is 11.5. The second-order valence-electron chi connectivity index (χ2n) is 4.01. The molecule has 18 heavy (non-hydrogen) atoms. The van der Waals surface area contributed by atoms with E-state index in [1.807, 2.05) is 0 Å². The number of aliphatic carboxylic acids is 1. The number of carboxylic acid groups (broad SMARTS) is 1. The van der Waals surface area contributed by atoms with Crippen LogP contribution in [0.25, 0.3) is 0 Å². The second kappa shape index (κ2) is 7.45. The molecule has 1 rings (SSSR count). The zero-order valence-corrected chi connectivity index (χ0v) is 10.1. The molecular weight excluding hydrogens is 232 g/mol. The van der Waals surface area contributed by atoms with Crippen LogP contribution in [0.4, 0.5) is 0 Å². The summed E-state index contributed by atoms with van der Waals surface area (Å²) in [6.07, 6.45) is 1.83. The van der Waals surface area contributed by atoms with E-state index in [0.29, 0.717) is 24.9 Å². The highest BCUT2D eigenvalue weighted by atomic mass is 16.4. The summed E-state index contributed by atoms with van der Waals surface area (Å²) in [5.41, 5.74) is 5.81. The molecule has 5 nitrogen and oxygen atoms in total. The average Bonchev–Trinajstić information content (AvgIpc) is 2.38. The maximum atomic E-state index is 11.8. The Labute approximate surface area is 106 Å². The fourth-order valence-corrected chi connectivity index (χ4v) is 1.58. The molecule has 0 radical (unpaired) electrons. The minimum atomic E-state index is -1.02. The standard InChI is InChI=1S/C13H18N2O3/c14-9-5-4-8-11(13(17)18)15-12(16)10-6-2-1-3-7-10/h1-3,6-7,11H,4-5,8-9,14H2,(H,15,16)(H,17,18)/t11-/m0/s1. The SMILES string of the molecule is NCCCC[C@H](NC(=O)c1ccccc1)C(=O)O. The van der Waals surface area contributed by atoms with Gasteiger partial charge >= 0.3 is 5.97 Å². The van der Waals surface area contributed by atoms with Crippen molar-refractivity contribution in [2.24, 2.45) is 5.73 Å². The van der Waals surface area contributed by atoms with Crippen molar-refractivity contribution in [3.63, 3.8) is 0 Å². The van der Waals surface area contributed by atoms with Crippen LogP contribution in [0.1, 0.15) is 29.6 Å². The number of carboxylic acids is 1. The van der Waals surface area contributed by atoms with Crippen molar-refractivity contribution in [1.29, 1.82) is 0 Å². The first-order valence-electron chi connectivity index (χ1n) is 5.94. The Hall–Kier alpha value is -1.88. The molecule has 5 heteroatoms. The Morgan fingerprint density at radius 2 is 1.89 bits per heavy atom. The summed E-state index contributed by atoms with van der Waals surface area (Å²) < 4.78 is 0. The predicted octanol–water partition coefficient (Wildman–Crippen LogP) is 0.999. The van der Waals surface area contributed by atoms with Crippen LogP contribution in [0.15, 0.2) is 30.3 Å². The Balaban J connectivity index is 2.55. The van der Waals surface area contributed by atoms with Crippen LogP contribution >= 0.6 is 0 Å². The lowest BCUT2D eigenvalue weighted by Crippen LogP contribution is -2.40. The molecule has 0 aliphatic rings. The largest absolute Gasteiger partial charge is 0.480 e. The van der Waals surface area contributed by atoms with E-state index < -0.39 is 12.0 Å². The third kappa shape index (κ3) is 4.55. The third-order valence-electron chi connectivity index (χ3n) is 2.59. The first kappa shape index (κ1) is 14.2. The number of carbonyl (C=O) groups is 2. The molecule has 0 aliphatic carbocycles. The molecule has 0 aliphatic heterocycles. The Morgan fingerprint density at radius 1 is 1.22 bits per heavy atom. The van der Waals surface area contributed by atoms with Crippen molar-refractivity contribution >= 4 is 11.9 Å². The average molecular weight is 250 g/mol. The van der Waals surface area contributed by atoms with Gasteiger partial charge in [0.1, 0.15) is 6.04 Å². The first-order valence-corrected chi connectivity index (χ1v) is 5.94. The number of benzene rings is 1. The van der Waals surface area contributed by atoms with Crippen LogP contribution in [0.3, 0.4) is 0 Å². The van der Waals surface area contributed by atoms with E-state index in [1.54, 1.807) is 30.3 Å². The molecule has 0 heterocycles. The van der Waals surface area contributed by atoms with Crippen molar-refractivity contribution < 1.29 is 14.7 Å². The number of hydrogen-bond acceptors (Lipinski definition) is 3. The molecule has 1 aromatic rings. The van der Waals surface area contributed by atoms with Gasteiger partial charge in [-0.1, -0.05) is 18.2 Å². The smallest absolute Gasteiger partial charge is 0.326 e. The molecule has 1 atom stereocenters. The summed E-state index contributed by atoms with van der Waals surface area (Å²) in [4.78, 5) is 22.8. The van der Waals surface area contributed by atoms with Gasteiger partial charge in [-0.25, -0.2) is 4.79 Å². The van der Waals surface area contributed by atoms with E-state index in [1.165, 1.54) is 0 Å². The first-order chi connectivity index (χ1) is 8.65. The summed E-state index contributed by atoms with van der Waals surface area (Å²) in [5.74, 6) is -1.38. The lowest BCUT2D eigenvalue weighted by atomic mass is 10.1. The van der Waals surface area contributed by atoms with Crippen LogP contribution < -0.4 is 11.1 Å². The fourth-order valence-electron chi connectivity index (χ4n) is 1.58. The molecule has 0 aromatic heterocycles. The molecule has 98 valence electrons. The van der Waals surface area contributed by atoms with Crippen molar-refractivity contribution in [3.8, 4) is 0 Å². The van der Waals surface area contributed by atoms with Gasteiger partial charge in [0.2, 0.25) is 0 Å². The van der Waals surface area contributed by atoms with Crippen LogP contribution in [-0.4, -0.2) is 29.6 Å². The van der Waals surface area contributed by atoms with Gasteiger partial charge < -0.3 is 16.2 Å². The number of rotatable bonds is 7. The highest BCUT2D eigenvalue weighted by Gasteiger charge is 2.19.